The van der Waals surface area contributed by atoms with E-state index in [2.05, 4.69) is 40.3 Å². The molecular weight excluding hydrogens is 228 g/mol. The van der Waals surface area contributed by atoms with Crippen molar-refractivity contribution in [1.29, 1.82) is 0 Å². The average molecular weight is 246 g/mol. The Hall–Kier alpha value is -1.89. The van der Waals surface area contributed by atoms with E-state index >= 15 is 0 Å². The molecule has 0 atom stereocenters. The Morgan fingerprint density at radius 3 is 2.11 bits per heavy atom. The summed E-state index contributed by atoms with van der Waals surface area (Å²) in [7, 11) is 1.38. The zero-order chi connectivity index (χ0) is 13.5. The lowest BCUT2D eigenvalue weighted by Crippen LogP contribution is -1.98. The van der Waals surface area contributed by atoms with Crippen LogP contribution in [0.3, 0.4) is 0 Å². The lowest BCUT2D eigenvalue weighted by atomic mass is 10.2. The lowest BCUT2D eigenvalue weighted by Gasteiger charge is -1.93. The third-order valence-electron chi connectivity index (χ3n) is 1.88. The zero-order valence-electron chi connectivity index (χ0n) is 10.7. The second-order valence-electron chi connectivity index (χ2n) is 3.32. The predicted octanol–water partition coefficient (Wildman–Crippen LogP) is 1.50. The van der Waals surface area contributed by atoms with Gasteiger partial charge in [0.25, 0.3) is 0 Å². The van der Waals surface area contributed by atoms with Crippen molar-refractivity contribution in [2.45, 2.75) is 38.5 Å². The highest BCUT2D eigenvalue weighted by atomic mass is 16.5. The van der Waals surface area contributed by atoms with Gasteiger partial charge in [-0.2, -0.15) is 0 Å². The summed E-state index contributed by atoms with van der Waals surface area (Å²) in [6, 6.07) is 0. The van der Waals surface area contributed by atoms with Crippen molar-refractivity contribution in [2.24, 2.45) is 0 Å². The number of hydrogen-bond acceptors (Lipinski definition) is 3. The number of hydrogen-bond donors (Lipinski definition) is 1. The van der Waals surface area contributed by atoms with Crippen molar-refractivity contribution in [3.63, 3.8) is 0 Å². The van der Waals surface area contributed by atoms with Crippen LogP contribution in [0.1, 0.15) is 38.5 Å². The van der Waals surface area contributed by atoms with E-state index in [4.69, 9.17) is 5.11 Å². The molecule has 18 heavy (non-hydrogen) atoms. The van der Waals surface area contributed by atoms with Gasteiger partial charge in [-0.05, 0) is 6.42 Å². The van der Waals surface area contributed by atoms with Gasteiger partial charge in [-0.15, -0.1) is 5.92 Å². The molecule has 0 aromatic heterocycles. The van der Waals surface area contributed by atoms with Gasteiger partial charge in [0.15, 0.2) is 0 Å². The summed E-state index contributed by atoms with van der Waals surface area (Å²) < 4.78 is 4.51. The third kappa shape index (κ3) is 12.2. The van der Waals surface area contributed by atoms with Gasteiger partial charge in [-0.25, -0.2) is 0 Å². The Labute approximate surface area is 109 Å². The Kier molecular flexibility index (Phi) is 11.8. The number of esters is 1. The SMILES string of the molecule is COC(=O)CCCC#CCC#CCC#CCCO. The van der Waals surface area contributed by atoms with Crippen LogP contribution < -0.4 is 0 Å². The van der Waals surface area contributed by atoms with Crippen LogP contribution in [0, 0.1) is 35.5 Å². The lowest BCUT2D eigenvalue weighted by molar-refractivity contribution is -0.140. The fraction of sp³-hybridized carbons (Fsp3) is 0.533. The number of methoxy groups -OCH3 is 1. The average Bonchev–Trinajstić information content (AvgIpc) is 2.39. The minimum Gasteiger partial charge on any atom is -0.469 e. The molecule has 0 aliphatic carbocycles. The second-order valence-corrected chi connectivity index (χ2v) is 3.32. The molecule has 96 valence electrons. The summed E-state index contributed by atoms with van der Waals surface area (Å²) in [5.74, 6) is 17.1. The first-order valence-electron chi connectivity index (χ1n) is 5.86. The molecule has 3 nitrogen and oxygen atoms in total. The number of aliphatic hydroxyl groups excluding tert-OH is 1. The second kappa shape index (κ2) is 13.2. The van der Waals surface area contributed by atoms with E-state index in [0.717, 1.165) is 6.42 Å². The van der Waals surface area contributed by atoms with Crippen LogP contribution in [0.2, 0.25) is 0 Å². The topological polar surface area (TPSA) is 46.5 Å². The Bertz CT molecular complexity index is 404. The number of carbonyl (C=O) groups is 1. The van der Waals surface area contributed by atoms with Crippen LogP contribution in [0.5, 0.6) is 0 Å². The highest BCUT2D eigenvalue weighted by molar-refractivity contribution is 5.69. The smallest absolute Gasteiger partial charge is 0.305 e. The van der Waals surface area contributed by atoms with E-state index in [9.17, 15) is 4.79 Å². The molecular formula is C15H18O3. The van der Waals surface area contributed by atoms with Crippen molar-refractivity contribution in [3.8, 4) is 35.5 Å². The standard InChI is InChI=1S/C15H18O3/c1-18-15(17)13-11-9-7-5-3-2-4-6-8-10-12-14-16/h16H,3,6,9,11-14H2,1H3. The van der Waals surface area contributed by atoms with Crippen LogP contribution in [-0.2, 0) is 9.53 Å². The van der Waals surface area contributed by atoms with Gasteiger partial charge in [0, 0.05) is 19.3 Å². The summed E-state index contributed by atoms with van der Waals surface area (Å²) in [6.07, 6.45) is 3.37. The monoisotopic (exact) mass is 246 g/mol. The molecule has 0 amide bonds. The molecule has 0 saturated carbocycles. The number of aliphatic hydroxyl groups is 1. The molecule has 0 heterocycles. The minimum absolute atomic E-state index is 0.0947. The summed E-state index contributed by atoms with van der Waals surface area (Å²) in [5, 5.41) is 8.47. The Morgan fingerprint density at radius 1 is 1.00 bits per heavy atom. The first-order valence-corrected chi connectivity index (χ1v) is 5.86. The van der Waals surface area contributed by atoms with E-state index in [0.29, 0.717) is 32.1 Å². The van der Waals surface area contributed by atoms with E-state index in [1.807, 2.05) is 0 Å². The quantitative estimate of drug-likeness (QED) is 0.464. The largest absolute Gasteiger partial charge is 0.469 e. The van der Waals surface area contributed by atoms with Crippen LogP contribution in [0.4, 0.5) is 0 Å². The predicted molar refractivity (Wildman–Crippen MR) is 70.1 cm³/mol. The maximum absolute atomic E-state index is 10.8. The van der Waals surface area contributed by atoms with E-state index in [1.165, 1.54) is 7.11 Å². The molecule has 0 aromatic rings. The maximum atomic E-state index is 10.8. The van der Waals surface area contributed by atoms with E-state index < -0.39 is 0 Å². The summed E-state index contributed by atoms with van der Waals surface area (Å²) in [4.78, 5) is 10.8. The number of unbranched alkanes of at least 4 members (excludes halogenated alkanes) is 1. The molecule has 0 unspecified atom stereocenters. The van der Waals surface area contributed by atoms with Crippen LogP contribution in [0.25, 0.3) is 0 Å². The molecule has 0 rings (SSSR count). The van der Waals surface area contributed by atoms with Gasteiger partial charge >= 0.3 is 5.97 Å². The van der Waals surface area contributed by atoms with Gasteiger partial charge in [0.05, 0.1) is 26.6 Å². The zero-order valence-corrected chi connectivity index (χ0v) is 10.7. The molecule has 3 heteroatoms. The van der Waals surface area contributed by atoms with Crippen molar-refractivity contribution in [1.82, 2.24) is 0 Å². The van der Waals surface area contributed by atoms with Crippen molar-refractivity contribution in [2.75, 3.05) is 13.7 Å². The third-order valence-corrected chi connectivity index (χ3v) is 1.88. The maximum Gasteiger partial charge on any atom is 0.305 e. The van der Waals surface area contributed by atoms with Crippen molar-refractivity contribution >= 4 is 5.97 Å². The van der Waals surface area contributed by atoms with Gasteiger partial charge in [-0.1, -0.05) is 29.6 Å². The van der Waals surface area contributed by atoms with Gasteiger partial charge in [0.1, 0.15) is 0 Å². The molecule has 0 aliphatic rings. The molecule has 0 saturated heterocycles. The normalized spacial score (nSPS) is 7.89. The minimum atomic E-state index is -0.196. The van der Waals surface area contributed by atoms with Gasteiger partial charge in [-0.3, -0.25) is 4.79 Å². The molecule has 0 aromatic carbocycles. The number of rotatable bonds is 4. The molecule has 0 bridgehead atoms. The first kappa shape index (κ1) is 16.1. The Balaban J connectivity index is 3.52. The highest BCUT2D eigenvalue weighted by Crippen LogP contribution is 1.95. The van der Waals surface area contributed by atoms with Crippen molar-refractivity contribution in [3.05, 3.63) is 0 Å². The number of ether oxygens (including phenoxy) is 1. The van der Waals surface area contributed by atoms with Crippen LogP contribution in [-0.4, -0.2) is 24.8 Å². The summed E-state index contributed by atoms with van der Waals surface area (Å²) in [5.41, 5.74) is 0. The van der Waals surface area contributed by atoms with Crippen LogP contribution in [0.15, 0.2) is 0 Å². The van der Waals surface area contributed by atoms with Gasteiger partial charge in [0.2, 0.25) is 0 Å². The molecule has 0 fully saturated rings. The highest BCUT2D eigenvalue weighted by Gasteiger charge is 1.96. The van der Waals surface area contributed by atoms with Gasteiger partial charge < -0.3 is 9.84 Å². The molecule has 0 spiro atoms. The van der Waals surface area contributed by atoms with Crippen LogP contribution >= 0.6 is 0 Å². The Morgan fingerprint density at radius 2 is 1.56 bits per heavy atom. The molecule has 1 N–H and O–H groups in total. The van der Waals surface area contributed by atoms with Crippen molar-refractivity contribution < 1.29 is 14.6 Å². The van der Waals surface area contributed by atoms with E-state index in [1.54, 1.807) is 0 Å². The fourth-order valence-electron chi connectivity index (χ4n) is 0.994. The summed E-state index contributed by atoms with van der Waals surface area (Å²) in [6.45, 7) is 0.0947. The number of carbonyl (C=O) groups excluding carboxylic acids is 1. The first-order chi connectivity index (χ1) is 8.81. The fourth-order valence-corrected chi connectivity index (χ4v) is 0.994. The molecule has 0 aliphatic heterocycles. The molecule has 0 radical (unpaired) electrons. The summed E-state index contributed by atoms with van der Waals surface area (Å²) >= 11 is 0. The van der Waals surface area contributed by atoms with E-state index in [-0.39, 0.29) is 12.6 Å².